The third-order valence-corrected chi connectivity index (χ3v) is 2.39. The van der Waals surface area contributed by atoms with E-state index in [1.54, 1.807) is 19.9 Å². The molecule has 0 unspecified atom stereocenters. The molecule has 0 atom stereocenters. The lowest BCUT2D eigenvalue weighted by Gasteiger charge is -2.16. The van der Waals surface area contributed by atoms with Crippen LogP contribution in [0.15, 0.2) is 18.2 Å². The van der Waals surface area contributed by atoms with Crippen molar-refractivity contribution in [3.8, 4) is 0 Å². The van der Waals surface area contributed by atoms with E-state index in [1.165, 1.54) is 12.1 Å². The molecule has 1 nitrogen and oxygen atoms in total. The quantitative estimate of drug-likeness (QED) is 0.714. The summed E-state index contributed by atoms with van der Waals surface area (Å²) in [4.78, 5) is 10.8. The molecule has 0 fully saturated rings. The number of alkyl halides is 2. The first-order chi connectivity index (χ1) is 6.37. The molecule has 0 radical (unpaired) electrons. The van der Waals surface area contributed by atoms with E-state index in [4.69, 9.17) is 0 Å². The maximum atomic E-state index is 13.4. The Hall–Kier alpha value is -1.25. The summed E-state index contributed by atoms with van der Waals surface area (Å²) in [6.07, 6.45) is 0. The van der Waals surface area contributed by atoms with Gasteiger partial charge in [0.05, 0.1) is 0 Å². The third-order valence-electron chi connectivity index (χ3n) is 2.39. The first kappa shape index (κ1) is 10.8. The molecule has 0 aliphatic rings. The zero-order valence-corrected chi connectivity index (χ0v) is 8.40. The van der Waals surface area contributed by atoms with Crippen LogP contribution < -0.4 is 0 Å². The summed E-state index contributed by atoms with van der Waals surface area (Å²) in [6.45, 7) is 4.25. The van der Waals surface area contributed by atoms with Gasteiger partial charge in [-0.3, -0.25) is 4.79 Å². The second kappa shape index (κ2) is 3.48. The molecule has 0 amide bonds. The van der Waals surface area contributed by atoms with Crippen molar-refractivity contribution < 1.29 is 13.6 Å². The van der Waals surface area contributed by atoms with Crippen molar-refractivity contribution in [3.63, 3.8) is 0 Å². The number of hydrogen-bond acceptors (Lipinski definition) is 1. The number of carbonyl (C=O) groups is 1. The molecule has 0 aliphatic heterocycles. The van der Waals surface area contributed by atoms with Crippen molar-refractivity contribution in [1.82, 2.24) is 0 Å². The Morgan fingerprint density at radius 3 is 2.36 bits per heavy atom. The van der Waals surface area contributed by atoms with Gasteiger partial charge in [0.2, 0.25) is 5.78 Å². The Morgan fingerprint density at radius 2 is 1.86 bits per heavy atom. The lowest BCUT2D eigenvalue weighted by Crippen LogP contribution is -2.24. The molecule has 1 aromatic carbocycles. The average Bonchev–Trinajstić information content (AvgIpc) is 2.09. The van der Waals surface area contributed by atoms with Gasteiger partial charge in [-0.1, -0.05) is 18.2 Å². The summed E-state index contributed by atoms with van der Waals surface area (Å²) in [6, 6.07) is 4.58. The zero-order valence-electron chi connectivity index (χ0n) is 8.40. The molecule has 0 spiro atoms. The van der Waals surface area contributed by atoms with Gasteiger partial charge in [-0.15, -0.1) is 0 Å². The fraction of sp³-hybridized carbons (Fsp3) is 0.364. The minimum Gasteiger partial charge on any atom is -0.293 e. The third kappa shape index (κ3) is 1.67. The summed E-state index contributed by atoms with van der Waals surface area (Å²) < 4.78 is 26.7. The molecule has 3 heteroatoms. The molecule has 1 aromatic rings. The fourth-order valence-electron chi connectivity index (χ4n) is 1.28. The molecular weight excluding hydrogens is 186 g/mol. The second-order valence-corrected chi connectivity index (χ2v) is 3.38. The predicted octanol–water partition coefficient (Wildman–Crippen LogP) is 2.98. The Labute approximate surface area is 81.7 Å². The van der Waals surface area contributed by atoms with Gasteiger partial charge < -0.3 is 0 Å². The molecule has 0 heterocycles. The maximum absolute atomic E-state index is 13.4. The smallest absolute Gasteiger partial charge is 0.293 e. The number of aryl methyl sites for hydroxylation is 1. The van der Waals surface area contributed by atoms with Crippen LogP contribution in [0.25, 0.3) is 0 Å². The highest BCUT2D eigenvalue weighted by atomic mass is 19.3. The second-order valence-electron chi connectivity index (χ2n) is 3.38. The Balaban J connectivity index is 3.33. The summed E-state index contributed by atoms with van der Waals surface area (Å²) in [5, 5.41) is 0. The topological polar surface area (TPSA) is 17.1 Å². The van der Waals surface area contributed by atoms with Crippen LogP contribution in [0, 0.1) is 13.8 Å². The SMILES string of the molecule is CC(=O)C(F)(F)c1cccc(C)c1C. The number of benzene rings is 1. The van der Waals surface area contributed by atoms with Crippen molar-refractivity contribution >= 4 is 5.78 Å². The predicted molar refractivity (Wildman–Crippen MR) is 50.5 cm³/mol. The van der Waals surface area contributed by atoms with Gasteiger partial charge in [-0.05, 0) is 25.0 Å². The normalized spacial score (nSPS) is 11.5. The van der Waals surface area contributed by atoms with Crippen LogP contribution in [0.3, 0.4) is 0 Å². The molecule has 0 bridgehead atoms. The van der Waals surface area contributed by atoms with Gasteiger partial charge in [0.15, 0.2) is 0 Å². The van der Waals surface area contributed by atoms with E-state index in [2.05, 4.69) is 0 Å². The van der Waals surface area contributed by atoms with Gasteiger partial charge in [0.25, 0.3) is 0 Å². The minimum absolute atomic E-state index is 0.190. The van der Waals surface area contributed by atoms with Gasteiger partial charge >= 0.3 is 5.92 Å². The van der Waals surface area contributed by atoms with Crippen LogP contribution >= 0.6 is 0 Å². The lowest BCUT2D eigenvalue weighted by molar-refractivity contribution is -0.142. The van der Waals surface area contributed by atoms with Crippen molar-refractivity contribution in [3.05, 3.63) is 34.9 Å². The first-order valence-corrected chi connectivity index (χ1v) is 4.33. The molecule has 76 valence electrons. The largest absolute Gasteiger partial charge is 0.330 e. The van der Waals surface area contributed by atoms with E-state index < -0.39 is 11.7 Å². The van der Waals surface area contributed by atoms with Crippen LogP contribution in [0.1, 0.15) is 23.6 Å². The molecule has 0 saturated heterocycles. The van der Waals surface area contributed by atoms with Crippen LogP contribution in [0.5, 0.6) is 0 Å². The van der Waals surface area contributed by atoms with Crippen LogP contribution in [-0.2, 0) is 10.7 Å². The van der Waals surface area contributed by atoms with Crippen LogP contribution in [-0.4, -0.2) is 5.78 Å². The molecule has 14 heavy (non-hydrogen) atoms. The van der Waals surface area contributed by atoms with E-state index in [0.29, 0.717) is 5.56 Å². The summed E-state index contributed by atoms with van der Waals surface area (Å²) in [7, 11) is 0. The average molecular weight is 198 g/mol. The molecule has 0 saturated carbocycles. The number of carbonyl (C=O) groups excluding carboxylic acids is 1. The van der Waals surface area contributed by atoms with Gasteiger partial charge in [-0.25, -0.2) is 0 Å². The van der Waals surface area contributed by atoms with Crippen molar-refractivity contribution in [1.29, 1.82) is 0 Å². The molecule has 1 rings (SSSR count). The number of hydrogen-bond donors (Lipinski definition) is 0. The van der Waals surface area contributed by atoms with Gasteiger partial charge in [0, 0.05) is 12.5 Å². The Bertz CT molecular complexity index is 370. The number of Topliss-reactive ketones (excluding diaryl/α,β-unsaturated/α-hetero) is 1. The summed E-state index contributed by atoms with van der Waals surface area (Å²) in [5.41, 5.74) is 1.06. The van der Waals surface area contributed by atoms with Crippen molar-refractivity contribution in [2.24, 2.45) is 0 Å². The van der Waals surface area contributed by atoms with E-state index in [0.717, 1.165) is 12.5 Å². The Kier molecular flexibility index (Phi) is 2.69. The first-order valence-electron chi connectivity index (χ1n) is 4.33. The fourth-order valence-corrected chi connectivity index (χ4v) is 1.28. The highest BCUT2D eigenvalue weighted by Gasteiger charge is 2.38. The summed E-state index contributed by atoms with van der Waals surface area (Å²) >= 11 is 0. The number of rotatable bonds is 2. The highest BCUT2D eigenvalue weighted by molar-refractivity contribution is 5.85. The van der Waals surface area contributed by atoms with E-state index in [1.807, 2.05) is 0 Å². The van der Waals surface area contributed by atoms with E-state index >= 15 is 0 Å². The van der Waals surface area contributed by atoms with Gasteiger partial charge in [0.1, 0.15) is 0 Å². The Morgan fingerprint density at radius 1 is 1.29 bits per heavy atom. The van der Waals surface area contributed by atoms with Gasteiger partial charge in [-0.2, -0.15) is 8.78 Å². The lowest BCUT2D eigenvalue weighted by atomic mass is 9.96. The van der Waals surface area contributed by atoms with E-state index in [9.17, 15) is 13.6 Å². The molecular formula is C11H12F2O. The van der Waals surface area contributed by atoms with Crippen LogP contribution in [0.4, 0.5) is 8.78 Å². The molecule has 0 aromatic heterocycles. The standard InChI is InChI=1S/C11H12F2O/c1-7-5-4-6-10(8(7)2)11(12,13)9(3)14/h4-6H,1-3H3. The molecule has 0 N–H and O–H groups in total. The number of ketones is 1. The zero-order chi connectivity index (χ0) is 10.9. The number of halogens is 2. The summed E-state index contributed by atoms with van der Waals surface area (Å²) in [5.74, 6) is -4.48. The highest BCUT2D eigenvalue weighted by Crippen LogP contribution is 2.32. The monoisotopic (exact) mass is 198 g/mol. The minimum atomic E-state index is -3.36. The van der Waals surface area contributed by atoms with Crippen LogP contribution in [0.2, 0.25) is 0 Å². The van der Waals surface area contributed by atoms with E-state index in [-0.39, 0.29) is 5.56 Å². The van der Waals surface area contributed by atoms with Crippen molar-refractivity contribution in [2.45, 2.75) is 26.7 Å². The maximum Gasteiger partial charge on any atom is 0.330 e. The molecule has 0 aliphatic carbocycles. The van der Waals surface area contributed by atoms with Crippen molar-refractivity contribution in [2.75, 3.05) is 0 Å².